The summed E-state index contributed by atoms with van der Waals surface area (Å²) in [7, 11) is 0. The van der Waals surface area contributed by atoms with Gasteiger partial charge in [0.25, 0.3) is 0 Å². The summed E-state index contributed by atoms with van der Waals surface area (Å²) in [5.41, 5.74) is 5.96. The minimum absolute atomic E-state index is 0.0142. The van der Waals surface area contributed by atoms with E-state index >= 15 is 0 Å². The number of amides is 1. The molecule has 2 aromatic rings. The van der Waals surface area contributed by atoms with E-state index in [1.165, 1.54) is 0 Å². The van der Waals surface area contributed by atoms with Crippen molar-refractivity contribution in [3.63, 3.8) is 0 Å². The zero-order valence-corrected chi connectivity index (χ0v) is 17.6. The Kier molecular flexibility index (Phi) is 6.24. The van der Waals surface area contributed by atoms with Crippen LogP contribution in [0.2, 0.25) is 0 Å². The van der Waals surface area contributed by atoms with Crippen LogP contribution in [0, 0.1) is 11.3 Å². The van der Waals surface area contributed by atoms with Gasteiger partial charge >= 0.3 is 0 Å². The van der Waals surface area contributed by atoms with E-state index < -0.39 is 5.60 Å². The Morgan fingerprint density at radius 3 is 2.42 bits per heavy atom. The second-order valence-electron chi connectivity index (χ2n) is 8.45. The van der Waals surface area contributed by atoms with Gasteiger partial charge in [0, 0.05) is 49.7 Å². The molecule has 31 heavy (non-hydrogen) atoms. The number of likely N-dealkylation sites (tertiary alicyclic amines) is 2. The number of carbonyl (C=O) groups is 1. The molecule has 4 rings (SSSR count). The van der Waals surface area contributed by atoms with E-state index in [1.807, 2.05) is 11.0 Å². The first-order valence-electron chi connectivity index (χ1n) is 10.7. The van der Waals surface area contributed by atoms with E-state index in [1.54, 1.807) is 30.7 Å². The molecule has 2 aromatic heterocycles. The topological polar surface area (TPSA) is 132 Å². The number of nitrogens with zero attached hydrogens (tertiary/aromatic N) is 5. The lowest BCUT2D eigenvalue weighted by Gasteiger charge is -2.40. The summed E-state index contributed by atoms with van der Waals surface area (Å²) in [5.74, 6) is 0.457. The van der Waals surface area contributed by atoms with Crippen LogP contribution < -0.4 is 5.73 Å². The van der Waals surface area contributed by atoms with Gasteiger partial charge in [0.05, 0.1) is 11.4 Å². The fourth-order valence-corrected chi connectivity index (χ4v) is 4.40. The lowest BCUT2D eigenvalue weighted by Crippen LogP contribution is -2.53. The van der Waals surface area contributed by atoms with Crippen LogP contribution in [-0.4, -0.2) is 73.3 Å². The summed E-state index contributed by atoms with van der Waals surface area (Å²) in [6.07, 6.45) is 7.49. The highest BCUT2D eigenvalue weighted by Gasteiger charge is 2.40. The van der Waals surface area contributed by atoms with Crippen molar-refractivity contribution in [2.45, 2.75) is 37.8 Å². The van der Waals surface area contributed by atoms with Gasteiger partial charge in [0.15, 0.2) is 0 Å². The van der Waals surface area contributed by atoms with Crippen molar-refractivity contribution in [1.29, 1.82) is 5.41 Å². The number of piperidine rings is 2. The van der Waals surface area contributed by atoms with Crippen LogP contribution in [0.25, 0.3) is 0 Å². The van der Waals surface area contributed by atoms with Crippen molar-refractivity contribution in [3.05, 3.63) is 48.0 Å². The third-order valence-electron chi connectivity index (χ3n) is 6.36. The van der Waals surface area contributed by atoms with Crippen LogP contribution in [0.1, 0.15) is 36.9 Å². The Bertz CT molecular complexity index is 903. The van der Waals surface area contributed by atoms with Crippen LogP contribution in [-0.2, 0) is 11.3 Å². The van der Waals surface area contributed by atoms with Crippen molar-refractivity contribution < 1.29 is 9.90 Å². The minimum atomic E-state index is -1.23. The van der Waals surface area contributed by atoms with E-state index in [0.717, 1.165) is 38.0 Å². The molecule has 0 radical (unpaired) electrons. The lowest BCUT2D eigenvalue weighted by molar-refractivity contribution is -0.139. The number of aliphatic hydroxyl groups is 1. The number of aromatic nitrogens is 3. The Hall–Kier alpha value is -2.91. The summed E-state index contributed by atoms with van der Waals surface area (Å²) in [4.78, 5) is 29.4. The van der Waals surface area contributed by atoms with E-state index in [9.17, 15) is 9.90 Å². The second kappa shape index (κ2) is 9.07. The Morgan fingerprint density at radius 2 is 1.81 bits per heavy atom. The maximum absolute atomic E-state index is 13.0. The molecule has 0 bridgehead atoms. The Balaban J connectivity index is 1.26. The molecule has 9 nitrogen and oxygen atoms in total. The first kappa shape index (κ1) is 21.3. The second-order valence-corrected chi connectivity index (χ2v) is 8.45. The maximum Gasteiger partial charge on any atom is 0.225 e. The molecule has 0 aliphatic carbocycles. The fourth-order valence-electron chi connectivity index (χ4n) is 4.40. The molecule has 0 atom stereocenters. The molecule has 0 spiro atoms. The zero-order chi connectivity index (χ0) is 21.8. The van der Waals surface area contributed by atoms with E-state index in [2.05, 4.69) is 19.9 Å². The third kappa shape index (κ3) is 4.88. The molecule has 2 aliphatic heterocycles. The van der Waals surface area contributed by atoms with Gasteiger partial charge in [-0.05, 0) is 50.9 Å². The van der Waals surface area contributed by atoms with E-state index in [0.29, 0.717) is 31.6 Å². The molecule has 0 saturated carbocycles. The molecule has 2 saturated heterocycles. The molecule has 2 fully saturated rings. The Labute approximate surface area is 181 Å². The molecular weight excluding hydrogens is 394 g/mol. The predicted molar refractivity (Wildman–Crippen MR) is 116 cm³/mol. The molecule has 4 heterocycles. The Morgan fingerprint density at radius 1 is 1.13 bits per heavy atom. The predicted octanol–water partition coefficient (Wildman–Crippen LogP) is 1.09. The monoisotopic (exact) mass is 423 g/mol. The summed E-state index contributed by atoms with van der Waals surface area (Å²) >= 11 is 0. The molecule has 1 amide bonds. The number of rotatable bonds is 5. The number of hydrogen-bond donors (Lipinski definition) is 3. The van der Waals surface area contributed by atoms with Gasteiger partial charge in [0.2, 0.25) is 11.9 Å². The highest BCUT2D eigenvalue weighted by atomic mass is 16.3. The average molecular weight is 424 g/mol. The number of hydrogen-bond acceptors (Lipinski definition) is 8. The van der Waals surface area contributed by atoms with Gasteiger partial charge in [0.1, 0.15) is 5.60 Å². The number of nitrogens with one attached hydrogen (secondary N) is 1. The average Bonchev–Trinajstić information content (AvgIpc) is 2.81. The maximum atomic E-state index is 13.0. The highest BCUT2D eigenvalue weighted by Crippen LogP contribution is 2.28. The van der Waals surface area contributed by atoms with Crippen molar-refractivity contribution in [2.75, 3.05) is 31.9 Å². The van der Waals surface area contributed by atoms with Crippen molar-refractivity contribution in [2.24, 2.45) is 5.92 Å². The summed E-state index contributed by atoms with van der Waals surface area (Å²) in [5, 5.41) is 19.3. The molecule has 0 aromatic carbocycles. The smallest absolute Gasteiger partial charge is 0.225 e. The van der Waals surface area contributed by atoms with Gasteiger partial charge < -0.3 is 15.7 Å². The molecular formula is C22H29N7O2. The van der Waals surface area contributed by atoms with Crippen molar-refractivity contribution in [3.8, 4) is 0 Å². The summed E-state index contributed by atoms with van der Waals surface area (Å²) < 4.78 is 0. The van der Waals surface area contributed by atoms with Gasteiger partial charge in [-0.3, -0.25) is 20.1 Å². The van der Waals surface area contributed by atoms with E-state index in [4.69, 9.17) is 11.1 Å². The van der Waals surface area contributed by atoms with Gasteiger partial charge in [-0.25, -0.2) is 9.97 Å². The van der Waals surface area contributed by atoms with Gasteiger partial charge in [-0.1, -0.05) is 6.07 Å². The SMILES string of the molecule is N=C(c1ccccn1)C1(O)CCN(C(=O)C2CCN(Cc3cnc(N)nc3)CC2)CC1. The first-order chi connectivity index (χ1) is 14.9. The number of nitrogen functional groups attached to an aromatic ring is 1. The fraction of sp³-hybridized carbons (Fsp3) is 0.500. The van der Waals surface area contributed by atoms with Crippen molar-refractivity contribution in [1.82, 2.24) is 24.8 Å². The summed E-state index contributed by atoms with van der Waals surface area (Å²) in [6.45, 7) is 3.39. The van der Waals surface area contributed by atoms with E-state index in [-0.39, 0.29) is 23.5 Å². The highest BCUT2D eigenvalue weighted by molar-refractivity contribution is 6.03. The molecule has 0 unspecified atom stereocenters. The van der Waals surface area contributed by atoms with Gasteiger partial charge in [-0.15, -0.1) is 0 Å². The molecule has 2 aliphatic rings. The van der Waals surface area contributed by atoms with Crippen molar-refractivity contribution >= 4 is 17.6 Å². The molecule has 9 heteroatoms. The van der Waals surface area contributed by atoms with Crippen LogP contribution >= 0.6 is 0 Å². The standard InChI is InChI=1S/C22H29N7O2/c23-19(18-3-1-2-8-25-18)22(31)6-11-29(12-7-22)20(30)17-4-9-28(10-5-17)15-16-13-26-21(24)27-14-16/h1-3,8,13-14,17,23,31H,4-7,9-12,15H2,(H2,24,26,27). The zero-order valence-electron chi connectivity index (χ0n) is 17.6. The quantitative estimate of drug-likeness (QED) is 0.613. The molecule has 164 valence electrons. The van der Waals surface area contributed by atoms with Crippen LogP contribution in [0.4, 0.5) is 5.95 Å². The summed E-state index contributed by atoms with van der Waals surface area (Å²) in [6, 6.07) is 5.34. The van der Waals surface area contributed by atoms with Gasteiger partial charge in [-0.2, -0.15) is 0 Å². The normalized spacial score (nSPS) is 19.8. The van der Waals surface area contributed by atoms with Crippen LogP contribution in [0.15, 0.2) is 36.8 Å². The first-order valence-corrected chi connectivity index (χ1v) is 10.7. The number of nitrogens with two attached hydrogens (primary N) is 1. The lowest BCUT2D eigenvalue weighted by atomic mass is 9.84. The van der Waals surface area contributed by atoms with Crippen LogP contribution in [0.5, 0.6) is 0 Å². The number of pyridine rings is 1. The molecule has 4 N–H and O–H groups in total. The third-order valence-corrected chi connectivity index (χ3v) is 6.36. The number of anilines is 1. The number of carbonyl (C=O) groups excluding carboxylic acids is 1. The van der Waals surface area contributed by atoms with Crippen LogP contribution in [0.3, 0.4) is 0 Å². The minimum Gasteiger partial charge on any atom is -0.383 e. The largest absolute Gasteiger partial charge is 0.383 e.